The van der Waals surface area contributed by atoms with Crippen LogP contribution in [0.2, 0.25) is 0 Å². The number of ether oxygens (including phenoxy) is 1. The van der Waals surface area contributed by atoms with Gasteiger partial charge in [0.05, 0.1) is 11.8 Å². The maximum absolute atomic E-state index is 12.0. The molecule has 1 aliphatic rings. The lowest BCUT2D eigenvalue weighted by Crippen LogP contribution is -2.28. The Hall–Kier alpha value is -2.18. The molecule has 0 bridgehead atoms. The van der Waals surface area contributed by atoms with Crippen LogP contribution in [0, 0.1) is 11.8 Å². The molecule has 21 heavy (non-hydrogen) atoms. The largest absolute Gasteiger partial charge is 0.481 e. The average molecular weight is 299 g/mol. The number of hydrogen-bond donors (Lipinski definition) is 1. The van der Waals surface area contributed by atoms with E-state index in [2.05, 4.69) is 4.74 Å². The molecule has 1 saturated carbocycles. The molecule has 0 spiro atoms. The third-order valence-corrected chi connectivity index (χ3v) is 3.37. The van der Waals surface area contributed by atoms with Crippen molar-refractivity contribution in [3.63, 3.8) is 0 Å². The summed E-state index contributed by atoms with van der Waals surface area (Å²) in [5.41, 5.74) is 0.750. The standard InChI is InChI=1S/C14H15F2NO4/c1-17(12(18)10-6-11(10)13(19)20)7-8-2-4-9(5-3-8)21-14(15)16/h2-5,10-11,14H,6-7H2,1H3,(H,19,20)/t10-,11+/m1/s1. The first kappa shape index (κ1) is 15.2. The van der Waals surface area contributed by atoms with Crippen molar-refractivity contribution in [3.05, 3.63) is 29.8 Å². The Labute approximate surface area is 120 Å². The molecule has 2 rings (SSSR count). The lowest BCUT2D eigenvalue weighted by atomic mass is 10.2. The monoisotopic (exact) mass is 299 g/mol. The molecule has 1 fully saturated rings. The average Bonchev–Trinajstić information content (AvgIpc) is 3.20. The third kappa shape index (κ3) is 3.90. The Balaban J connectivity index is 1.89. The number of carboxylic acid groups (broad SMARTS) is 1. The third-order valence-electron chi connectivity index (χ3n) is 3.37. The van der Waals surface area contributed by atoms with Crippen molar-refractivity contribution in [2.45, 2.75) is 19.6 Å². The second-order valence-corrected chi connectivity index (χ2v) is 5.00. The van der Waals surface area contributed by atoms with Crippen LogP contribution < -0.4 is 4.74 Å². The van der Waals surface area contributed by atoms with E-state index in [0.29, 0.717) is 6.42 Å². The zero-order chi connectivity index (χ0) is 15.6. The molecule has 0 heterocycles. The number of amides is 1. The summed E-state index contributed by atoms with van der Waals surface area (Å²) >= 11 is 0. The number of halogens is 2. The van der Waals surface area contributed by atoms with Gasteiger partial charge in [0.25, 0.3) is 0 Å². The van der Waals surface area contributed by atoms with E-state index in [9.17, 15) is 18.4 Å². The van der Waals surface area contributed by atoms with Crippen LogP contribution in [0.1, 0.15) is 12.0 Å². The molecule has 0 radical (unpaired) electrons. The Morgan fingerprint density at radius 3 is 2.43 bits per heavy atom. The van der Waals surface area contributed by atoms with Gasteiger partial charge in [-0.3, -0.25) is 9.59 Å². The van der Waals surface area contributed by atoms with Crippen molar-refractivity contribution in [1.82, 2.24) is 4.90 Å². The lowest BCUT2D eigenvalue weighted by Gasteiger charge is -2.17. The van der Waals surface area contributed by atoms with Gasteiger partial charge in [0.15, 0.2) is 0 Å². The van der Waals surface area contributed by atoms with Crippen LogP contribution in [0.3, 0.4) is 0 Å². The highest BCUT2D eigenvalue weighted by atomic mass is 19.3. The van der Waals surface area contributed by atoms with Crippen LogP contribution in [0.5, 0.6) is 5.75 Å². The fourth-order valence-corrected chi connectivity index (χ4v) is 2.15. The first-order valence-electron chi connectivity index (χ1n) is 6.40. The molecule has 5 nitrogen and oxygen atoms in total. The normalized spacial score (nSPS) is 20.2. The number of carboxylic acids is 1. The van der Waals surface area contributed by atoms with Gasteiger partial charge in [-0.2, -0.15) is 8.78 Å². The molecule has 1 aromatic carbocycles. The van der Waals surface area contributed by atoms with Gasteiger partial charge in [0, 0.05) is 13.6 Å². The Morgan fingerprint density at radius 1 is 1.33 bits per heavy atom. The van der Waals surface area contributed by atoms with Gasteiger partial charge < -0.3 is 14.7 Å². The molecule has 2 atom stereocenters. The highest BCUT2D eigenvalue weighted by molar-refractivity contribution is 5.89. The number of nitrogens with zero attached hydrogens (tertiary/aromatic N) is 1. The number of benzene rings is 1. The summed E-state index contributed by atoms with van der Waals surface area (Å²) in [6.45, 7) is -2.58. The molecule has 0 saturated heterocycles. The van der Waals surface area contributed by atoms with Crippen LogP contribution in [-0.4, -0.2) is 35.5 Å². The van der Waals surface area contributed by atoms with E-state index < -0.39 is 24.4 Å². The van der Waals surface area contributed by atoms with Gasteiger partial charge in [0.2, 0.25) is 5.91 Å². The molecule has 1 aliphatic carbocycles. The van der Waals surface area contributed by atoms with Crippen molar-refractivity contribution in [2.24, 2.45) is 11.8 Å². The molecular weight excluding hydrogens is 284 g/mol. The lowest BCUT2D eigenvalue weighted by molar-refractivity contribution is -0.141. The number of alkyl halides is 2. The fourth-order valence-electron chi connectivity index (χ4n) is 2.15. The van der Waals surface area contributed by atoms with Gasteiger partial charge in [-0.15, -0.1) is 0 Å². The summed E-state index contributed by atoms with van der Waals surface area (Å²) in [6, 6.07) is 5.97. The van der Waals surface area contributed by atoms with Gasteiger partial charge in [0.1, 0.15) is 5.75 Å². The van der Waals surface area contributed by atoms with E-state index in [-0.39, 0.29) is 18.2 Å². The Morgan fingerprint density at radius 2 is 1.95 bits per heavy atom. The first-order chi connectivity index (χ1) is 9.88. The molecule has 114 valence electrons. The molecule has 0 unspecified atom stereocenters. The van der Waals surface area contributed by atoms with Crippen LogP contribution in [-0.2, 0) is 16.1 Å². The smallest absolute Gasteiger partial charge is 0.387 e. The van der Waals surface area contributed by atoms with E-state index in [1.165, 1.54) is 17.0 Å². The molecule has 1 aromatic rings. The van der Waals surface area contributed by atoms with Crippen LogP contribution in [0.25, 0.3) is 0 Å². The van der Waals surface area contributed by atoms with E-state index in [4.69, 9.17) is 5.11 Å². The minimum Gasteiger partial charge on any atom is -0.481 e. The number of rotatable bonds is 6. The first-order valence-corrected chi connectivity index (χ1v) is 6.40. The Kier molecular flexibility index (Phi) is 4.40. The zero-order valence-corrected chi connectivity index (χ0v) is 11.3. The van der Waals surface area contributed by atoms with Gasteiger partial charge in [-0.1, -0.05) is 12.1 Å². The van der Waals surface area contributed by atoms with Crippen LogP contribution in [0.15, 0.2) is 24.3 Å². The van der Waals surface area contributed by atoms with Gasteiger partial charge >= 0.3 is 12.6 Å². The molecule has 0 aliphatic heterocycles. The minimum absolute atomic E-state index is 0.0517. The highest BCUT2D eigenvalue weighted by Gasteiger charge is 2.49. The van der Waals surface area contributed by atoms with Crippen molar-refractivity contribution in [3.8, 4) is 5.75 Å². The zero-order valence-electron chi connectivity index (χ0n) is 11.3. The van der Waals surface area contributed by atoms with Crippen molar-refractivity contribution in [2.75, 3.05) is 7.05 Å². The SMILES string of the molecule is CN(Cc1ccc(OC(F)F)cc1)C(=O)[C@@H]1C[C@@H]1C(=O)O. The highest BCUT2D eigenvalue weighted by Crippen LogP contribution is 2.40. The quantitative estimate of drug-likeness (QED) is 0.872. The van der Waals surface area contributed by atoms with Crippen molar-refractivity contribution >= 4 is 11.9 Å². The summed E-state index contributed by atoms with van der Waals surface area (Å²) < 4.78 is 28.3. The molecule has 1 amide bonds. The maximum Gasteiger partial charge on any atom is 0.387 e. The van der Waals surface area contributed by atoms with Crippen LogP contribution in [0.4, 0.5) is 8.78 Å². The van der Waals surface area contributed by atoms with Gasteiger partial charge in [-0.05, 0) is 24.1 Å². The number of hydrogen-bond acceptors (Lipinski definition) is 3. The maximum atomic E-state index is 12.0. The van der Waals surface area contributed by atoms with Crippen LogP contribution >= 0.6 is 0 Å². The minimum atomic E-state index is -2.87. The van der Waals surface area contributed by atoms with Gasteiger partial charge in [-0.25, -0.2) is 0 Å². The molecule has 0 aromatic heterocycles. The predicted molar refractivity (Wildman–Crippen MR) is 68.8 cm³/mol. The molecule has 7 heteroatoms. The topological polar surface area (TPSA) is 66.8 Å². The second kappa shape index (κ2) is 6.07. The summed E-state index contributed by atoms with van der Waals surface area (Å²) in [5.74, 6) is -2.14. The summed E-state index contributed by atoms with van der Waals surface area (Å²) in [4.78, 5) is 24.2. The van der Waals surface area contributed by atoms with E-state index in [1.807, 2.05) is 0 Å². The fraction of sp³-hybridized carbons (Fsp3) is 0.429. The molecular formula is C14H15F2NO4. The second-order valence-electron chi connectivity index (χ2n) is 5.00. The molecule has 1 N–H and O–H groups in total. The summed E-state index contributed by atoms with van der Waals surface area (Å²) in [6.07, 6.45) is 0.375. The van der Waals surface area contributed by atoms with Crippen molar-refractivity contribution in [1.29, 1.82) is 0 Å². The predicted octanol–water partition coefficient (Wildman–Crippen LogP) is 1.97. The number of aliphatic carboxylic acids is 1. The van der Waals surface area contributed by atoms with E-state index >= 15 is 0 Å². The number of carbonyl (C=O) groups is 2. The van der Waals surface area contributed by atoms with E-state index in [1.54, 1.807) is 19.2 Å². The van der Waals surface area contributed by atoms with Crippen molar-refractivity contribution < 1.29 is 28.2 Å². The number of carbonyl (C=O) groups excluding carboxylic acids is 1. The Bertz CT molecular complexity index is 532. The van der Waals surface area contributed by atoms with E-state index in [0.717, 1.165) is 5.56 Å². The summed E-state index contributed by atoms with van der Waals surface area (Å²) in [7, 11) is 1.59. The summed E-state index contributed by atoms with van der Waals surface area (Å²) in [5, 5.41) is 8.80.